The number of hydrogen-bond acceptors (Lipinski definition) is 2. The minimum Gasteiger partial charge on any atom is -0.413 e. The van der Waals surface area contributed by atoms with E-state index in [1.54, 1.807) is 0 Å². The molecule has 0 aromatic carbocycles. The average molecular weight is 243 g/mol. The SMILES string of the molecule is C[C@@H]1CNC[C@H](C)[C@H]1O[Si](C)(C)C(C)(C)C. The van der Waals surface area contributed by atoms with Crippen LogP contribution in [0.5, 0.6) is 0 Å². The summed E-state index contributed by atoms with van der Waals surface area (Å²) in [5.41, 5.74) is 0. The molecule has 0 amide bonds. The van der Waals surface area contributed by atoms with Crippen molar-refractivity contribution in [3.8, 4) is 0 Å². The van der Waals surface area contributed by atoms with Crippen molar-refractivity contribution in [1.82, 2.24) is 5.32 Å². The van der Waals surface area contributed by atoms with Crippen LogP contribution in [0.4, 0.5) is 0 Å². The molecule has 0 spiro atoms. The Kier molecular flexibility index (Phi) is 4.25. The van der Waals surface area contributed by atoms with Crippen LogP contribution in [0.3, 0.4) is 0 Å². The van der Waals surface area contributed by atoms with Gasteiger partial charge in [-0.25, -0.2) is 0 Å². The molecule has 1 N–H and O–H groups in total. The lowest BCUT2D eigenvalue weighted by Gasteiger charge is -2.44. The molecule has 16 heavy (non-hydrogen) atoms. The third-order valence-corrected chi connectivity index (χ3v) is 8.76. The van der Waals surface area contributed by atoms with Gasteiger partial charge < -0.3 is 9.74 Å². The van der Waals surface area contributed by atoms with Crippen LogP contribution in [0, 0.1) is 11.8 Å². The Morgan fingerprint density at radius 1 is 1.06 bits per heavy atom. The zero-order valence-corrected chi connectivity index (χ0v) is 13.1. The summed E-state index contributed by atoms with van der Waals surface area (Å²) in [6, 6.07) is 0. The van der Waals surface area contributed by atoms with Crippen molar-refractivity contribution < 1.29 is 4.43 Å². The number of rotatable bonds is 2. The summed E-state index contributed by atoms with van der Waals surface area (Å²) in [5.74, 6) is 1.27. The van der Waals surface area contributed by atoms with E-state index in [1.165, 1.54) is 0 Å². The van der Waals surface area contributed by atoms with Crippen molar-refractivity contribution in [2.24, 2.45) is 11.8 Å². The average Bonchev–Trinajstić information content (AvgIpc) is 2.10. The second-order valence-electron chi connectivity index (χ2n) is 6.96. The largest absolute Gasteiger partial charge is 0.413 e. The van der Waals surface area contributed by atoms with Crippen LogP contribution in [0.25, 0.3) is 0 Å². The van der Waals surface area contributed by atoms with Gasteiger partial charge in [0.05, 0.1) is 6.10 Å². The summed E-state index contributed by atoms with van der Waals surface area (Å²) in [4.78, 5) is 0. The minimum absolute atomic E-state index is 0.317. The van der Waals surface area contributed by atoms with Crippen molar-refractivity contribution in [2.45, 2.75) is 58.9 Å². The van der Waals surface area contributed by atoms with Gasteiger partial charge >= 0.3 is 0 Å². The molecule has 0 aromatic rings. The van der Waals surface area contributed by atoms with Gasteiger partial charge in [0.25, 0.3) is 0 Å². The molecule has 1 saturated heterocycles. The molecule has 1 fully saturated rings. The molecule has 0 radical (unpaired) electrons. The Labute approximate surface area is 102 Å². The molecule has 1 rings (SSSR count). The molecule has 0 unspecified atom stereocenters. The van der Waals surface area contributed by atoms with E-state index in [9.17, 15) is 0 Å². The Balaban J connectivity index is 2.71. The lowest BCUT2D eigenvalue weighted by Crippen LogP contribution is -2.53. The Hall–Kier alpha value is 0.137. The van der Waals surface area contributed by atoms with Gasteiger partial charge in [-0.3, -0.25) is 0 Å². The smallest absolute Gasteiger partial charge is 0.192 e. The predicted octanol–water partition coefficient (Wildman–Crippen LogP) is 3.25. The van der Waals surface area contributed by atoms with Gasteiger partial charge in [-0.05, 0) is 30.0 Å². The maximum absolute atomic E-state index is 6.57. The Morgan fingerprint density at radius 3 is 1.88 bits per heavy atom. The van der Waals surface area contributed by atoms with Crippen molar-refractivity contribution in [1.29, 1.82) is 0 Å². The van der Waals surface area contributed by atoms with Crippen LogP contribution in [-0.4, -0.2) is 27.5 Å². The fourth-order valence-corrected chi connectivity index (χ4v) is 3.58. The van der Waals surface area contributed by atoms with Gasteiger partial charge in [-0.15, -0.1) is 0 Å². The number of hydrogen-bond donors (Lipinski definition) is 1. The first-order valence-electron chi connectivity index (χ1n) is 6.53. The molecular weight excluding hydrogens is 214 g/mol. The third-order valence-electron chi connectivity index (χ3n) is 4.29. The first-order valence-corrected chi connectivity index (χ1v) is 9.44. The van der Waals surface area contributed by atoms with Gasteiger partial charge in [0.15, 0.2) is 8.32 Å². The zero-order valence-electron chi connectivity index (χ0n) is 12.1. The van der Waals surface area contributed by atoms with Crippen LogP contribution in [0.2, 0.25) is 18.1 Å². The molecule has 0 aromatic heterocycles. The Bertz CT molecular complexity index is 225. The van der Waals surface area contributed by atoms with Gasteiger partial charge in [0, 0.05) is 13.1 Å². The number of nitrogens with one attached hydrogen (secondary N) is 1. The van der Waals surface area contributed by atoms with E-state index in [-0.39, 0.29) is 0 Å². The van der Waals surface area contributed by atoms with Gasteiger partial charge in [0.2, 0.25) is 0 Å². The molecule has 0 saturated carbocycles. The van der Waals surface area contributed by atoms with E-state index < -0.39 is 8.32 Å². The van der Waals surface area contributed by atoms with E-state index in [0.717, 1.165) is 13.1 Å². The topological polar surface area (TPSA) is 21.3 Å². The molecule has 1 aliphatic heterocycles. The van der Waals surface area contributed by atoms with Gasteiger partial charge in [-0.1, -0.05) is 34.6 Å². The molecule has 2 nitrogen and oxygen atoms in total. The highest BCUT2D eigenvalue weighted by Crippen LogP contribution is 2.39. The van der Waals surface area contributed by atoms with Crippen molar-refractivity contribution in [3.05, 3.63) is 0 Å². The second kappa shape index (κ2) is 4.79. The summed E-state index contributed by atoms with van der Waals surface area (Å²) in [5, 5.41) is 3.79. The summed E-state index contributed by atoms with van der Waals surface area (Å²) < 4.78 is 6.57. The predicted molar refractivity (Wildman–Crippen MR) is 73.3 cm³/mol. The highest BCUT2D eigenvalue weighted by Gasteiger charge is 2.42. The quantitative estimate of drug-likeness (QED) is 0.752. The molecule has 3 heteroatoms. The van der Waals surface area contributed by atoms with Gasteiger partial charge in [0.1, 0.15) is 0 Å². The molecular formula is C13H29NOSi. The lowest BCUT2D eigenvalue weighted by molar-refractivity contribution is 0.0532. The first kappa shape index (κ1) is 14.2. The molecule has 1 aliphatic rings. The maximum Gasteiger partial charge on any atom is 0.192 e. The van der Waals surface area contributed by atoms with Crippen molar-refractivity contribution in [2.75, 3.05) is 13.1 Å². The second-order valence-corrected chi connectivity index (χ2v) is 11.7. The summed E-state index contributed by atoms with van der Waals surface area (Å²) in [7, 11) is -1.60. The van der Waals surface area contributed by atoms with E-state index in [0.29, 0.717) is 23.0 Å². The van der Waals surface area contributed by atoms with Crippen molar-refractivity contribution >= 4 is 8.32 Å². The van der Waals surface area contributed by atoms with Gasteiger partial charge in [-0.2, -0.15) is 0 Å². The molecule has 96 valence electrons. The summed E-state index contributed by atoms with van der Waals surface area (Å²) >= 11 is 0. The van der Waals surface area contributed by atoms with Crippen LogP contribution in [0.15, 0.2) is 0 Å². The zero-order chi connectivity index (χ0) is 12.6. The third kappa shape index (κ3) is 3.08. The lowest BCUT2D eigenvalue weighted by atomic mass is 9.90. The highest BCUT2D eigenvalue weighted by molar-refractivity contribution is 6.74. The highest BCUT2D eigenvalue weighted by atomic mass is 28.4. The van der Waals surface area contributed by atoms with Crippen LogP contribution in [-0.2, 0) is 4.43 Å². The van der Waals surface area contributed by atoms with E-state index in [4.69, 9.17) is 4.43 Å². The maximum atomic E-state index is 6.57. The fourth-order valence-electron chi connectivity index (χ4n) is 2.08. The standard InChI is InChI=1S/C13H29NOSi/c1-10-8-14-9-11(2)12(10)15-16(6,7)13(3,4)5/h10-12,14H,8-9H2,1-7H3/t10-,11+,12+. The van der Waals surface area contributed by atoms with Crippen molar-refractivity contribution in [3.63, 3.8) is 0 Å². The van der Waals surface area contributed by atoms with Crippen LogP contribution >= 0.6 is 0 Å². The summed E-state index contributed by atoms with van der Waals surface area (Å²) in [6.45, 7) is 18.5. The van der Waals surface area contributed by atoms with E-state index >= 15 is 0 Å². The minimum atomic E-state index is -1.60. The molecule has 3 atom stereocenters. The van der Waals surface area contributed by atoms with E-state index in [1.807, 2.05) is 0 Å². The van der Waals surface area contributed by atoms with Crippen LogP contribution in [0.1, 0.15) is 34.6 Å². The summed E-state index contributed by atoms with van der Waals surface area (Å²) in [6.07, 6.45) is 0.446. The fraction of sp³-hybridized carbons (Fsp3) is 1.00. The van der Waals surface area contributed by atoms with E-state index in [2.05, 4.69) is 53.0 Å². The first-order chi connectivity index (χ1) is 7.15. The molecule has 0 bridgehead atoms. The number of piperidine rings is 1. The Morgan fingerprint density at radius 2 is 1.50 bits per heavy atom. The van der Waals surface area contributed by atoms with Crippen LogP contribution < -0.4 is 5.32 Å². The normalized spacial score (nSPS) is 32.8. The monoisotopic (exact) mass is 243 g/mol. The molecule has 1 heterocycles. The molecule has 0 aliphatic carbocycles.